The normalized spacial score (nSPS) is 10.8. The average molecular weight is 267 g/mol. The molecule has 0 spiro atoms. The maximum absolute atomic E-state index is 11.0. The van der Waals surface area contributed by atoms with Gasteiger partial charge in [-0.3, -0.25) is 4.40 Å². The first-order valence-corrected chi connectivity index (χ1v) is 6.34. The van der Waals surface area contributed by atoms with E-state index in [2.05, 4.69) is 29.0 Å². The summed E-state index contributed by atoms with van der Waals surface area (Å²) in [6.45, 7) is 2.10. The number of benzene rings is 1. The zero-order valence-corrected chi connectivity index (χ0v) is 10.9. The largest absolute Gasteiger partial charge is 0.476 e. The molecule has 0 unspecified atom stereocenters. The molecule has 0 amide bonds. The van der Waals surface area contributed by atoms with Crippen molar-refractivity contribution < 1.29 is 9.90 Å². The number of fused-ring (bicyclic) bond motifs is 1. The molecule has 1 aromatic carbocycles. The molecule has 0 aliphatic carbocycles. The quantitative estimate of drug-likeness (QED) is 0.792. The van der Waals surface area contributed by atoms with E-state index in [1.165, 1.54) is 11.8 Å². The maximum atomic E-state index is 11.0. The first-order chi connectivity index (χ1) is 9.69. The van der Waals surface area contributed by atoms with E-state index in [1.807, 2.05) is 12.1 Å². The zero-order valence-electron chi connectivity index (χ0n) is 10.9. The Labute approximate surface area is 115 Å². The van der Waals surface area contributed by atoms with Crippen LogP contribution in [0.25, 0.3) is 16.8 Å². The summed E-state index contributed by atoms with van der Waals surface area (Å²) in [5.74, 6) is -1.04. The predicted octanol–water partition coefficient (Wildman–Crippen LogP) is 2.66. The molecule has 20 heavy (non-hydrogen) atoms. The number of carboxylic acid groups (broad SMARTS) is 1. The van der Waals surface area contributed by atoms with Crippen LogP contribution in [-0.4, -0.2) is 25.4 Å². The monoisotopic (exact) mass is 267 g/mol. The highest BCUT2D eigenvalue weighted by Crippen LogP contribution is 2.23. The molecule has 0 aliphatic rings. The Bertz CT molecular complexity index is 775. The van der Waals surface area contributed by atoms with Crippen LogP contribution >= 0.6 is 0 Å². The van der Waals surface area contributed by atoms with Crippen LogP contribution in [0.4, 0.5) is 0 Å². The fourth-order valence-corrected chi connectivity index (χ4v) is 2.15. The van der Waals surface area contributed by atoms with Crippen LogP contribution in [0.3, 0.4) is 0 Å². The van der Waals surface area contributed by atoms with Crippen molar-refractivity contribution in [2.75, 3.05) is 0 Å². The molecule has 100 valence electrons. The lowest BCUT2D eigenvalue weighted by Crippen LogP contribution is -1.95. The molecule has 2 aromatic heterocycles. The van der Waals surface area contributed by atoms with Crippen LogP contribution in [0.2, 0.25) is 0 Å². The molecule has 3 rings (SSSR count). The number of rotatable bonds is 3. The zero-order chi connectivity index (χ0) is 14.1. The number of aromatic carboxylic acids is 1. The minimum absolute atomic E-state index is 0.0180. The van der Waals surface area contributed by atoms with Gasteiger partial charge in [0.15, 0.2) is 5.69 Å². The van der Waals surface area contributed by atoms with E-state index >= 15 is 0 Å². The van der Waals surface area contributed by atoms with Crippen LogP contribution in [0, 0.1) is 0 Å². The number of aromatic nitrogens is 3. The highest BCUT2D eigenvalue weighted by molar-refractivity contribution is 5.88. The van der Waals surface area contributed by atoms with E-state index in [0.29, 0.717) is 5.65 Å². The van der Waals surface area contributed by atoms with Gasteiger partial charge in [-0.2, -0.15) is 0 Å². The highest BCUT2D eigenvalue weighted by atomic mass is 16.4. The summed E-state index contributed by atoms with van der Waals surface area (Å²) < 4.78 is 1.63. The Morgan fingerprint density at radius 3 is 2.70 bits per heavy atom. The van der Waals surface area contributed by atoms with Gasteiger partial charge in [-0.05, 0) is 17.5 Å². The number of hydrogen-bond donors (Lipinski definition) is 1. The summed E-state index contributed by atoms with van der Waals surface area (Å²) in [6.07, 6.45) is 5.71. The third-order valence-electron chi connectivity index (χ3n) is 3.26. The Hall–Kier alpha value is -2.69. The second kappa shape index (κ2) is 4.77. The molecule has 0 atom stereocenters. The van der Waals surface area contributed by atoms with E-state index in [-0.39, 0.29) is 5.69 Å². The lowest BCUT2D eigenvalue weighted by molar-refractivity contribution is 0.0691. The fraction of sp³-hybridized carbons (Fsp3) is 0.133. The van der Waals surface area contributed by atoms with Gasteiger partial charge >= 0.3 is 5.97 Å². The summed E-state index contributed by atoms with van der Waals surface area (Å²) in [5.41, 5.74) is 3.67. The summed E-state index contributed by atoms with van der Waals surface area (Å²) in [4.78, 5) is 19.3. The number of carboxylic acids is 1. The average Bonchev–Trinajstić information content (AvgIpc) is 2.91. The number of aryl methyl sites for hydroxylation is 1. The topological polar surface area (TPSA) is 67.5 Å². The Balaban J connectivity index is 2.16. The molecule has 5 heteroatoms. The Kier molecular flexibility index (Phi) is 2.95. The van der Waals surface area contributed by atoms with Gasteiger partial charge < -0.3 is 5.11 Å². The highest BCUT2D eigenvalue weighted by Gasteiger charge is 2.12. The lowest BCUT2D eigenvalue weighted by Gasteiger charge is -2.04. The van der Waals surface area contributed by atoms with Crippen molar-refractivity contribution in [3.8, 4) is 11.1 Å². The van der Waals surface area contributed by atoms with Gasteiger partial charge in [0.05, 0.1) is 0 Å². The molecule has 0 aliphatic heterocycles. The van der Waals surface area contributed by atoms with Gasteiger partial charge in [-0.25, -0.2) is 14.8 Å². The number of imidazole rings is 1. The van der Waals surface area contributed by atoms with E-state index in [9.17, 15) is 4.79 Å². The fourth-order valence-electron chi connectivity index (χ4n) is 2.15. The molecule has 0 saturated carbocycles. The summed E-state index contributed by atoms with van der Waals surface area (Å²) in [7, 11) is 0. The molecule has 3 aromatic rings. The number of carbonyl (C=O) groups is 1. The van der Waals surface area contributed by atoms with E-state index in [1.54, 1.807) is 16.9 Å². The van der Waals surface area contributed by atoms with Crippen molar-refractivity contribution in [2.24, 2.45) is 0 Å². The number of nitrogens with zero attached hydrogens (tertiary/aromatic N) is 3. The first kappa shape index (κ1) is 12.3. The minimum atomic E-state index is -1.04. The van der Waals surface area contributed by atoms with Gasteiger partial charge in [0.1, 0.15) is 12.0 Å². The molecule has 0 bridgehead atoms. The predicted molar refractivity (Wildman–Crippen MR) is 74.8 cm³/mol. The van der Waals surface area contributed by atoms with Crippen LogP contribution < -0.4 is 0 Å². The van der Waals surface area contributed by atoms with Crippen LogP contribution in [-0.2, 0) is 6.42 Å². The third-order valence-corrected chi connectivity index (χ3v) is 3.26. The summed E-state index contributed by atoms with van der Waals surface area (Å²) >= 11 is 0. The molecule has 0 radical (unpaired) electrons. The third kappa shape index (κ3) is 2.03. The van der Waals surface area contributed by atoms with Gasteiger partial charge in [0.2, 0.25) is 0 Å². The smallest absolute Gasteiger partial charge is 0.356 e. The van der Waals surface area contributed by atoms with Gasteiger partial charge in [-0.1, -0.05) is 31.2 Å². The van der Waals surface area contributed by atoms with Crippen molar-refractivity contribution >= 4 is 11.6 Å². The van der Waals surface area contributed by atoms with Gasteiger partial charge in [-0.15, -0.1) is 0 Å². The Morgan fingerprint density at radius 2 is 2.05 bits per heavy atom. The molecular weight excluding hydrogens is 254 g/mol. The van der Waals surface area contributed by atoms with Gasteiger partial charge in [0.25, 0.3) is 0 Å². The first-order valence-electron chi connectivity index (χ1n) is 6.34. The molecule has 0 saturated heterocycles. The molecule has 0 fully saturated rings. The van der Waals surface area contributed by atoms with Crippen molar-refractivity contribution in [1.82, 2.24) is 14.4 Å². The van der Waals surface area contributed by atoms with Crippen LogP contribution in [0.5, 0.6) is 0 Å². The second-order valence-electron chi connectivity index (χ2n) is 4.52. The maximum Gasteiger partial charge on any atom is 0.356 e. The van der Waals surface area contributed by atoms with E-state index < -0.39 is 5.97 Å². The van der Waals surface area contributed by atoms with Crippen molar-refractivity contribution in [1.29, 1.82) is 0 Å². The lowest BCUT2D eigenvalue weighted by atomic mass is 10.1. The van der Waals surface area contributed by atoms with Crippen molar-refractivity contribution in [3.05, 3.63) is 54.2 Å². The SMILES string of the molecule is CCc1ccc(-c2cncn3cc(C(=O)O)nc23)cc1. The van der Waals surface area contributed by atoms with Crippen LogP contribution in [0.15, 0.2) is 43.0 Å². The molecular formula is C15H13N3O2. The van der Waals surface area contributed by atoms with Crippen molar-refractivity contribution in [2.45, 2.75) is 13.3 Å². The van der Waals surface area contributed by atoms with Crippen molar-refractivity contribution in [3.63, 3.8) is 0 Å². The molecule has 5 nitrogen and oxygen atoms in total. The molecule has 2 heterocycles. The Morgan fingerprint density at radius 1 is 1.30 bits per heavy atom. The summed E-state index contributed by atoms with van der Waals surface area (Å²) in [5, 5.41) is 9.02. The van der Waals surface area contributed by atoms with E-state index in [4.69, 9.17) is 5.11 Å². The standard InChI is InChI=1S/C15H13N3O2/c1-2-10-3-5-11(6-4-10)12-7-16-9-18-8-13(15(19)20)17-14(12)18/h3-9H,2H2,1H3,(H,19,20). The van der Waals surface area contributed by atoms with Gasteiger partial charge in [0, 0.05) is 18.0 Å². The minimum Gasteiger partial charge on any atom is -0.476 e. The second-order valence-corrected chi connectivity index (χ2v) is 4.52. The van der Waals surface area contributed by atoms with Crippen LogP contribution in [0.1, 0.15) is 23.0 Å². The number of hydrogen-bond acceptors (Lipinski definition) is 3. The summed E-state index contributed by atoms with van der Waals surface area (Å²) in [6, 6.07) is 8.12. The van der Waals surface area contributed by atoms with E-state index in [0.717, 1.165) is 17.5 Å². The molecule has 1 N–H and O–H groups in total.